The Hall–Kier alpha value is -2.90. The monoisotopic (exact) mass is 411 g/mol. The molecule has 1 N–H and O–H groups in total. The Morgan fingerprint density at radius 1 is 1.23 bits per heavy atom. The molecule has 2 fully saturated rings. The zero-order valence-electron chi connectivity index (χ0n) is 17.9. The van der Waals surface area contributed by atoms with Gasteiger partial charge in [-0.15, -0.1) is 0 Å². The average molecular weight is 412 g/mol. The van der Waals surface area contributed by atoms with Gasteiger partial charge >= 0.3 is 6.03 Å². The molecule has 8 nitrogen and oxygen atoms in total. The van der Waals surface area contributed by atoms with Gasteiger partial charge in [-0.3, -0.25) is 14.5 Å². The van der Waals surface area contributed by atoms with E-state index in [0.717, 1.165) is 34.6 Å². The first-order chi connectivity index (χ1) is 14.4. The normalized spacial score (nSPS) is 21.4. The number of piperidine rings is 1. The summed E-state index contributed by atoms with van der Waals surface area (Å²) in [5, 5.41) is 2.79. The summed E-state index contributed by atoms with van der Waals surface area (Å²) in [5.74, 6) is 0.619. The second-order valence-corrected chi connectivity index (χ2v) is 8.31. The van der Waals surface area contributed by atoms with E-state index in [2.05, 4.69) is 9.88 Å². The Balaban J connectivity index is 1.48. The van der Waals surface area contributed by atoms with E-state index in [1.54, 1.807) is 4.90 Å². The SMILES string of the molecule is CCC1(CC)NC(=O)N(CC(=O)N2CCCC(c3nc4ccccc4n3C)C2)C1=O. The molecule has 2 aliphatic heterocycles. The van der Waals surface area contributed by atoms with E-state index in [1.807, 2.05) is 45.2 Å². The highest BCUT2D eigenvalue weighted by atomic mass is 16.2. The number of nitrogens with zero attached hydrogens (tertiary/aromatic N) is 4. The van der Waals surface area contributed by atoms with E-state index in [9.17, 15) is 14.4 Å². The first-order valence-corrected chi connectivity index (χ1v) is 10.7. The largest absolute Gasteiger partial charge is 0.340 e. The number of urea groups is 1. The standard InChI is InChI=1S/C22H29N5O3/c1-4-22(5-2)20(29)27(21(30)24-22)14-18(28)26-12-8-9-15(13-26)19-23-16-10-6-7-11-17(16)25(19)3/h6-7,10-11,15H,4-5,8-9,12-14H2,1-3H3,(H,24,30). The van der Waals surface area contributed by atoms with Gasteiger partial charge in [-0.05, 0) is 37.8 Å². The molecule has 8 heteroatoms. The van der Waals surface area contributed by atoms with E-state index < -0.39 is 11.6 Å². The number of rotatable bonds is 5. The summed E-state index contributed by atoms with van der Waals surface area (Å²) < 4.78 is 2.10. The number of amides is 4. The summed E-state index contributed by atoms with van der Waals surface area (Å²) in [6, 6.07) is 7.54. The molecule has 30 heavy (non-hydrogen) atoms. The van der Waals surface area contributed by atoms with Gasteiger partial charge in [-0.25, -0.2) is 9.78 Å². The van der Waals surface area contributed by atoms with Gasteiger partial charge in [0.2, 0.25) is 5.91 Å². The van der Waals surface area contributed by atoms with E-state index in [0.29, 0.717) is 25.9 Å². The van der Waals surface area contributed by atoms with Crippen molar-refractivity contribution in [3.05, 3.63) is 30.1 Å². The summed E-state index contributed by atoms with van der Waals surface area (Å²) in [6.07, 6.45) is 2.85. The van der Waals surface area contributed by atoms with Crippen molar-refractivity contribution in [2.45, 2.75) is 51.0 Å². The maximum absolute atomic E-state index is 13.0. The first-order valence-electron chi connectivity index (χ1n) is 10.7. The van der Waals surface area contributed by atoms with Crippen molar-refractivity contribution < 1.29 is 14.4 Å². The second kappa shape index (κ2) is 7.74. The van der Waals surface area contributed by atoms with Crippen molar-refractivity contribution in [2.24, 2.45) is 7.05 Å². The van der Waals surface area contributed by atoms with Crippen LogP contribution in [0.4, 0.5) is 4.79 Å². The van der Waals surface area contributed by atoms with Crippen LogP contribution in [0.1, 0.15) is 51.3 Å². The second-order valence-electron chi connectivity index (χ2n) is 8.31. The fourth-order valence-corrected chi connectivity index (χ4v) is 4.73. The highest BCUT2D eigenvalue weighted by Gasteiger charge is 2.49. The molecule has 0 aliphatic carbocycles. The Bertz CT molecular complexity index is 994. The number of aromatic nitrogens is 2. The fourth-order valence-electron chi connectivity index (χ4n) is 4.73. The number of imidazole rings is 1. The molecule has 4 amide bonds. The van der Waals surface area contributed by atoms with Crippen LogP contribution in [0.25, 0.3) is 11.0 Å². The van der Waals surface area contributed by atoms with Gasteiger partial charge in [-0.2, -0.15) is 0 Å². The molecule has 4 rings (SSSR count). The number of likely N-dealkylation sites (tertiary alicyclic amines) is 1. The minimum absolute atomic E-state index is 0.133. The van der Waals surface area contributed by atoms with Crippen LogP contribution in [0.5, 0.6) is 0 Å². The van der Waals surface area contributed by atoms with Crippen molar-refractivity contribution >= 4 is 28.9 Å². The van der Waals surface area contributed by atoms with Crippen molar-refractivity contribution in [1.29, 1.82) is 0 Å². The third-order valence-corrected chi connectivity index (χ3v) is 6.71. The molecular weight excluding hydrogens is 382 g/mol. The van der Waals surface area contributed by atoms with Crippen molar-refractivity contribution in [3.63, 3.8) is 0 Å². The number of benzene rings is 1. The number of para-hydroxylation sites is 2. The minimum Gasteiger partial charge on any atom is -0.340 e. The Kier molecular flexibility index (Phi) is 5.26. The first kappa shape index (κ1) is 20.4. The van der Waals surface area contributed by atoms with Crippen LogP contribution < -0.4 is 5.32 Å². The summed E-state index contributed by atoms with van der Waals surface area (Å²) in [6.45, 7) is 4.72. The summed E-state index contributed by atoms with van der Waals surface area (Å²) in [4.78, 5) is 45.8. The molecular formula is C22H29N5O3. The molecule has 2 aliphatic rings. The van der Waals surface area contributed by atoms with Gasteiger partial charge in [0.05, 0.1) is 11.0 Å². The fraction of sp³-hybridized carbons (Fsp3) is 0.545. The van der Waals surface area contributed by atoms with Crippen LogP contribution in [0.2, 0.25) is 0 Å². The predicted octanol–water partition coefficient (Wildman–Crippen LogP) is 2.39. The maximum Gasteiger partial charge on any atom is 0.325 e. The van der Waals surface area contributed by atoms with Crippen molar-refractivity contribution in [2.75, 3.05) is 19.6 Å². The van der Waals surface area contributed by atoms with Gasteiger partial charge in [0.15, 0.2) is 0 Å². The molecule has 3 heterocycles. The molecule has 1 unspecified atom stereocenters. The lowest BCUT2D eigenvalue weighted by atomic mass is 9.93. The molecule has 0 radical (unpaired) electrons. The molecule has 2 aromatic rings. The quantitative estimate of drug-likeness (QED) is 0.766. The van der Waals surface area contributed by atoms with Gasteiger partial charge in [0.1, 0.15) is 17.9 Å². The molecule has 2 saturated heterocycles. The number of hydrogen-bond acceptors (Lipinski definition) is 4. The van der Waals surface area contributed by atoms with Crippen LogP contribution >= 0.6 is 0 Å². The van der Waals surface area contributed by atoms with Crippen LogP contribution in [-0.2, 0) is 16.6 Å². The van der Waals surface area contributed by atoms with Crippen LogP contribution in [0, 0.1) is 0 Å². The zero-order valence-corrected chi connectivity index (χ0v) is 17.9. The van der Waals surface area contributed by atoms with Crippen molar-refractivity contribution in [1.82, 2.24) is 24.7 Å². The summed E-state index contributed by atoms with van der Waals surface area (Å²) in [7, 11) is 2.01. The average Bonchev–Trinajstić information content (AvgIpc) is 3.23. The molecule has 0 bridgehead atoms. The summed E-state index contributed by atoms with van der Waals surface area (Å²) in [5.41, 5.74) is 1.15. The third-order valence-electron chi connectivity index (χ3n) is 6.71. The van der Waals surface area contributed by atoms with E-state index in [-0.39, 0.29) is 24.3 Å². The topological polar surface area (TPSA) is 87.5 Å². The number of nitrogens with one attached hydrogen (secondary N) is 1. The highest BCUT2D eigenvalue weighted by molar-refractivity contribution is 6.09. The molecule has 1 aromatic carbocycles. The minimum atomic E-state index is -0.880. The zero-order chi connectivity index (χ0) is 21.5. The third kappa shape index (κ3) is 3.24. The van der Waals surface area contributed by atoms with Crippen LogP contribution in [0.3, 0.4) is 0 Å². The number of fused-ring (bicyclic) bond motifs is 1. The molecule has 160 valence electrons. The number of imide groups is 1. The van der Waals surface area contributed by atoms with E-state index >= 15 is 0 Å². The number of hydrogen-bond donors (Lipinski definition) is 1. The van der Waals surface area contributed by atoms with E-state index in [1.165, 1.54) is 0 Å². The van der Waals surface area contributed by atoms with Crippen molar-refractivity contribution in [3.8, 4) is 0 Å². The number of carbonyl (C=O) groups excluding carboxylic acids is 3. The van der Waals surface area contributed by atoms with Gasteiger partial charge < -0.3 is 14.8 Å². The lowest BCUT2D eigenvalue weighted by Gasteiger charge is -2.33. The number of carbonyl (C=O) groups is 3. The lowest BCUT2D eigenvalue weighted by molar-refractivity contribution is -0.139. The molecule has 0 saturated carbocycles. The molecule has 1 aromatic heterocycles. The smallest absolute Gasteiger partial charge is 0.325 e. The lowest BCUT2D eigenvalue weighted by Crippen LogP contribution is -2.48. The Morgan fingerprint density at radius 3 is 2.63 bits per heavy atom. The summed E-state index contributed by atoms with van der Waals surface area (Å²) >= 11 is 0. The number of aryl methyl sites for hydroxylation is 1. The Labute approximate surface area is 176 Å². The van der Waals surface area contributed by atoms with Gasteiger partial charge in [0, 0.05) is 26.1 Å². The predicted molar refractivity (Wildman–Crippen MR) is 113 cm³/mol. The van der Waals surface area contributed by atoms with Crippen LogP contribution in [0.15, 0.2) is 24.3 Å². The Morgan fingerprint density at radius 2 is 1.97 bits per heavy atom. The van der Waals surface area contributed by atoms with Gasteiger partial charge in [0.25, 0.3) is 5.91 Å². The molecule has 1 atom stereocenters. The van der Waals surface area contributed by atoms with Crippen LogP contribution in [-0.4, -0.2) is 62.4 Å². The maximum atomic E-state index is 13.0. The van der Waals surface area contributed by atoms with Gasteiger partial charge in [-0.1, -0.05) is 26.0 Å². The molecule has 0 spiro atoms. The van der Waals surface area contributed by atoms with E-state index in [4.69, 9.17) is 4.98 Å². The highest BCUT2D eigenvalue weighted by Crippen LogP contribution is 2.29.